The van der Waals surface area contributed by atoms with Gasteiger partial charge in [0.1, 0.15) is 6.79 Å². The van der Waals surface area contributed by atoms with Crippen LogP contribution in [-0.4, -0.2) is 57.2 Å². The summed E-state index contributed by atoms with van der Waals surface area (Å²) in [4.78, 5) is 12.7. The van der Waals surface area contributed by atoms with Gasteiger partial charge in [0, 0.05) is 23.0 Å². The molecule has 0 amide bonds. The van der Waals surface area contributed by atoms with Gasteiger partial charge in [0.2, 0.25) is 0 Å². The van der Waals surface area contributed by atoms with Crippen molar-refractivity contribution < 1.29 is 26.4 Å². The van der Waals surface area contributed by atoms with Crippen LogP contribution in [0.2, 0.25) is 0 Å². The number of carbonyl (C=O) groups is 1. The highest BCUT2D eigenvalue weighted by molar-refractivity contribution is 7.93. The van der Waals surface area contributed by atoms with E-state index in [4.69, 9.17) is 10.5 Å². The minimum atomic E-state index is -4.21. The van der Waals surface area contributed by atoms with Crippen LogP contribution in [0.15, 0.2) is 34.8 Å². The summed E-state index contributed by atoms with van der Waals surface area (Å²) in [6.45, 7) is 12.0. The van der Waals surface area contributed by atoms with Crippen molar-refractivity contribution in [2.75, 3.05) is 18.6 Å². The maximum Gasteiger partial charge on any atom is 0.398 e. The quantitative estimate of drug-likeness (QED) is 0.500. The molecule has 0 unspecified atom stereocenters. The maximum atomic E-state index is 13.4. The molecule has 1 aliphatic heterocycles. The lowest BCUT2D eigenvalue weighted by atomic mass is 9.87. The van der Waals surface area contributed by atoms with Gasteiger partial charge in [-0.3, -0.25) is 4.99 Å². The Balaban J connectivity index is 0.000000464. The van der Waals surface area contributed by atoms with Crippen molar-refractivity contribution in [1.82, 2.24) is 5.32 Å². The Morgan fingerprint density at radius 1 is 1.11 bits per heavy atom. The van der Waals surface area contributed by atoms with Crippen molar-refractivity contribution >= 4 is 28.0 Å². The molecule has 6 nitrogen and oxygen atoms in total. The molecule has 1 aromatic carbocycles. The lowest BCUT2D eigenvalue weighted by Crippen LogP contribution is -2.60. The molecule has 2 saturated carbocycles. The number of alkyl halides is 3. The molecule has 4 rings (SSSR count). The number of aliphatic imine (C=N–C) groups is 1. The fraction of sp³-hybridized carbons (Fsp3) is 0.643. The summed E-state index contributed by atoms with van der Waals surface area (Å²) in [7, 11) is -0.877. The Morgan fingerprint density at radius 2 is 1.66 bits per heavy atom. The molecular formula is C28H44F3N3O3S. The Bertz CT molecular complexity index is 1080. The zero-order chi connectivity index (χ0) is 29.4. The third-order valence-electron chi connectivity index (χ3n) is 6.88. The second kappa shape index (κ2) is 13.7. The van der Waals surface area contributed by atoms with E-state index in [1.54, 1.807) is 31.3 Å². The number of nitrogens with one attached hydrogen (secondary N) is 1. The largest absolute Gasteiger partial charge is 0.398 e. The first kappa shape index (κ1) is 33.8. The standard InChI is InChI=1S/C20H25F3N2.C5H11NO2S.C2H6.CH2O/c1-13(2)25-17-9-4-3-8-16(17)18(24)14-6-5-7-15(12-14)19(10-11-19)20(21,22)23;1-5(6-2)3-9(7,8)4-5;2*1-2/h5-7,12-13H,3-4,8-11,24H2,1-2H3;6H,3-4H2,1-2H3;1-2H3;1H2/b18-16-,25-17?;;;. The number of hydrogen-bond acceptors (Lipinski definition) is 6. The van der Waals surface area contributed by atoms with Gasteiger partial charge < -0.3 is 15.8 Å². The van der Waals surface area contributed by atoms with Crippen LogP contribution < -0.4 is 11.1 Å². The van der Waals surface area contributed by atoms with Gasteiger partial charge in [-0.2, -0.15) is 13.2 Å². The van der Waals surface area contributed by atoms with Crippen LogP contribution >= 0.6 is 0 Å². The van der Waals surface area contributed by atoms with Gasteiger partial charge in [-0.1, -0.05) is 32.0 Å². The van der Waals surface area contributed by atoms with Gasteiger partial charge in [0.05, 0.1) is 16.9 Å². The number of halogens is 3. The minimum absolute atomic E-state index is 0.140. The Morgan fingerprint density at radius 3 is 2.08 bits per heavy atom. The van der Waals surface area contributed by atoms with E-state index in [2.05, 4.69) is 10.3 Å². The van der Waals surface area contributed by atoms with Crippen LogP contribution in [0, 0.1) is 0 Å². The summed E-state index contributed by atoms with van der Waals surface area (Å²) in [5.74, 6) is 0.576. The molecule has 3 aliphatic rings. The van der Waals surface area contributed by atoms with Gasteiger partial charge in [0.15, 0.2) is 9.84 Å². The molecule has 216 valence electrons. The Labute approximate surface area is 226 Å². The number of nitrogens with zero attached hydrogens (tertiary/aromatic N) is 1. The third kappa shape index (κ3) is 8.40. The van der Waals surface area contributed by atoms with Crippen LogP contribution in [0.25, 0.3) is 5.70 Å². The maximum absolute atomic E-state index is 13.4. The highest BCUT2D eigenvalue weighted by atomic mass is 32.2. The molecule has 0 aromatic heterocycles. The van der Waals surface area contributed by atoms with Crippen molar-refractivity contribution in [3.63, 3.8) is 0 Å². The zero-order valence-corrected chi connectivity index (χ0v) is 24.4. The molecule has 0 spiro atoms. The van der Waals surface area contributed by atoms with Gasteiger partial charge in [-0.05, 0) is 89.1 Å². The normalized spacial score (nSPS) is 22.8. The number of sulfone groups is 1. The van der Waals surface area contributed by atoms with Crippen LogP contribution in [-0.2, 0) is 20.0 Å². The first-order valence-electron chi connectivity index (χ1n) is 13.1. The fourth-order valence-corrected chi connectivity index (χ4v) is 6.87. The smallest absolute Gasteiger partial charge is 0.398 e. The molecule has 0 atom stereocenters. The monoisotopic (exact) mass is 559 g/mol. The number of carbonyl (C=O) groups excluding carboxylic acids is 1. The highest BCUT2D eigenvalue weighted by Crippen LogP contribution is 2.59. The molecule has 3 N–H and O–H groups in total. The summed E-state index contributed by atoms with van der Waals surface area (Å²) in [6, 6.07) is 6.88. The Kier molecular flexibility index (Phi) is 12.2. The zero-order valence-electron chi connectivity index (χ0n) is 23.5. The van der Waals surface area contributed by atoms with E-state index in [1.807, 2.05) is 41.4 Å². The summed E-state index contributed by atoms with van der Waals surface area (Å²) in [5, 5.41) is 2.95. The number of hydrogen-bond donors (Lipinski definition) is 2. The van der Waals surface area contributed by atoms with E-state index < -0.39 is 21.4 Å². The molecule has 1 aromatic rings. The van der Waals surface area contributed by atoms with E-state index in [9.17, 15) is 21.6 Å². The highest BCUT2D eigenvalue weighted by Gasteiger charge is 2.64. The van der Waals surface area contributed by atoms with E-state index in [-0.39, 0.29) is 35.9 Å². The lowest BCUT2D eigenvalue weighted by Gasteiger charge is -2.37. The molecule has 38 heavy (non-hydrogen) atoms. The fourth-order valence-electron chi connectivity index (χ4n) is 4.73. The second-order valence-corrected chi connectivity index (χ2v) is 12.3. The van der Waals surface area contributed by atoms with Gasteiger partial charge >= 0.3 is 6.18 Å². The summed E-state index contributed by atoms with van der Waals surface area (Å²) in [6.07, 6.45) is -0.0269. The van der Waals surface area contributed by atoms with Crippen LogP contribution in [0.3, 0.4) is 0 Å². The van der Waals surface area contributed by atoms with Crippen LogP contribution in [0.4, 0.5) is 13.2 Å². The molecule has 1 heterocycles. The van der Waals surface area contributed by atoms with Crippen LogP contribution in [0.5, 0.6) is 0 Å². The summed E-state index contributed by atoms with van der Waals surface area (Å²) in [5.41, 5.74) is 8.20. The van der Waals surface area contributed by atoms with E-state index in [1.165, 1.54) is 0 Å². The molecule has 10 heteroatoms. The van der Waals surface area contributed by atoms with Crippen molar-refractivity contribution in [2.24, 2.45) is 10.7 Å². The van der Waals surface area contributed by atoms with Gasteiger partial charge in [-0.15, -0.1) is 0 Å². The van der Waals surface area contributed by atoms with Crippen molar-refractivity contribution in [3.05, 3.63) is 41.0 Å². The predicted molar refractivity (Wildman–Crippen MR) is 150 cm³/mol. The SMILES string of the molecule is C=O.CC.CC(C)N=C1CCCC/C1=C(/N)c1cccc(C2(C(F)(F)F)CC2)c1.CNC1(C)CS(=O)(=O)C1. The molecule has 0 bridgehead atoms. The van der Waals surface area contributed by atoms with E-state index in [0.29, 0.717) is 16.8 Å². The van der Waals surface area contributed by atoms with E-state index >= 15 is 0 Å². The van der Waals surface area contributed by atoms with Gasteiger partial charge in [-0.25, -0.2) is 8.42 Å². The van der Waals surface area contributed by atoms with Crippen molar-refractivity contribution in [1.29, 1.82) is 0 Å². The molecule has 0 radical (unpaired) electrons. The third-order valence-corrected chi connectivity index (χ3v) is 9.03. The number of allylic oxidation sites excluding steroid dienone is 1. The number of rotatable bonds is 4. The second-order valence-electron chi connectivity index (χ2n) is 10.3. The lowest BCUT2D eigenvalue weighted by molar-refractivity contribution is -0.160. The first-order valence-corrected chi connectivity index (χ1v) is 15.0. The molecule has 3 fully saturated rings. The van der Waals surface area contributed by atoms with Crippen molar-refractivity contribution in [3.8, 4) is 0 Å². The number of nitrogens with two attached hydrogens (primary N) is 1. The van der Waals surface area contributed by atoms with E-state index in [0.717, 1.165) is 37.0 Å². The molecular weight excluding hydrogens is 515 g/mol. The summed E-state index contributed by atoms with van der Waals surface area (Å²) >= 11 is 0. The average molecular weight is 560 g/mol. The number of benzene rings is 1. The summed E-state index contributed by atoms with van der Waals surface area (Å²) < 4.78 is 61.5. The van der Waals surface area contributed by atoms with Gasteiger partial charge in [0.25, 0.3) is 0 Å². The molecule has 1 saturated heterocycles. The predicted octanol–water partition coefficient (Wildman–Crippen LogP) is 5.61. The first-order chi connectivity index (χ1) is 17.7. The van der Waals surface area contributed by atoms with Crippen molar-refractivity contribution in [2.45, 2.75) is 96.3 Å². The van der Waals surface area contributed by atoms with Crippen LogP contribution in [0.1, 0.15) is 84.3 Å². The average Bonchev–Trinajstić information content (AvgIpc) is 3.68. The topological polar surface area (TPSA) is 102 Å². The minimum Gasteiger partial charge on any atom is -0.398 e. The molecule has 2 aliphatic carbocycles. The Hall–Kier alpha value is -2.20.